The Hall–Kier alpha value is -3.26. The number of hydrogen-bond donors (Lipinski definition) is 1. The van der Waals surface area contributed by atoms with E-state index in [1.54, 1.807) is 35.0 Å². The maximum absolute atomic E-state index is 13.3. The highest BCUT2D eigenvalue weighted by atomic mass is 32.2. The van der Waals surface area contributed by atoms with Gasteiger partial charge in [0, 0.05) is 12.7 Å². The Morgan fingerprint density at radius 1 is 1.03 bits per heavy atom. The van der Waals surface area contributed by atoms with Crippen molar-refractivity contribution in [2.45, 2.75) is 49.4 Å². The van der Waals surface area contributed by atoms with Gasteiger partial charge in [0.25, 0.3) is 5.56 Å². The number of nitrogens with one attached hydrogen (secondary N) is 1. The van der Waals surface area contributed by atoms with Gasteiger partial charge < -0.3 is 4.57 Å². The molecule has 160 valence electrons. The Morgan fingerprint density at radius 2 is 1.77 bits per heavy atom. The molecule has 4 rings (SSSR count). The van der Waals surface area contributed by atoms with Gasteiger partial charge in [-0.15, -0.1) is 0 Å². The van der Waals surface area contributed by atoms with Crippen molar-refractivity contribution >= 4 is 26.5 Å². The predicted octanol–water partition coefficient (Wildman–Crippen LogP) is 3.46. The summed E-state index contributed by atoms with van der Waals surface area (Å²) in [5.41, 5.74) is 1.17. The zero-order valence-corrected chi connectivity index (χ0v) is 18.3. The largest absolute Gasteiger partial charge is 0.310 e. The molecule has 1 aromatic carbocycles. The summed E-state index contributed by atoms with van der Waals surface area (Å²) >= 11 is 0. The third-order valence-corrected chi connectivity index (χ3v) is 7.21. The monoisotopic (exact) mass is 436 g/mol. The van der Waals surface area contributed by atoms with Crippen LogP contribution in [-0.4, -0.2) is 22.4 Å². The van der Waals surface area contributed by atoms with E-state index in [1.807, 2.05) is 13.0 Å². The average molecular weight is 437 g/mol. The number of aryl methyl sites for hydroxylation is 2. The molecule has 0 fully saturated rings. The highest BCUT2D eigenvalue weighted by molar-refractivity contribution is 7.91. The first-order valence-electron chi connectivity index (χ1n) is 10.3. The SMILES string of the molecule is CCCCCn1c(=N)c(S(=O)(=O)c2ccccc2)cc2c(=O)n3cccc(C)c3nc21. The molecule has 0 amide bonds. The minimum atomic E-state index is -3.98. The number of rotatable bonds is 6. The summed E-state index contributed by atoms with van der Waals surface area (Å²) in [6.45, 7) is 4.35. The number of aromatic nitrogens is 3. The molecule has 4 aromatic rings. The van der Waals surface area contributed by atoms with Crippen LogP contribution in [0.4, 0.5) is 0 Å². The van der Waals surface area contributed by atoms with Crippen molar-refractivity contribution in [1.29, 1.82) is 5.41 Å². The molecule has 0 aliphatic carbocycles. The summed E-state index contributed by atoms with van der Waals surface area (Å²) < 4.78 is 29.7. The van der Waals surface area contributed by atoms with Gasteiger partial charge in [-0.2, -0.15) is 0 Å². The van der Waals surface area contributed by atoms with Crippen LogP contribution in [0.2, 0.25) is 0 Å². The van der Waals surface area contributed by atoms with Gasteiger partial charge in [0.15, 0.2) is 0 Å². The minimum Gasteiger partial charge on any atom is -0.310 e. The number of unbranched alkanes of at least 4 members (excludes halogenated alkanes) is 2. The van der Waals surface area contributed by atoms with Crippen molar-refractivity contribution in [3.63, 3.8) is 0 Å². The first-order valence-corrected chi connectivity index (χ1v) is 11.7. The number of sulfone groups is 1. The average Bonchev–Trinajstić information content (AvgIpc) is 2.76. The van der Waals surface area contributed by atoms with Gasteiger partial charge >= 0.3 is 0 Å². The summed E-state index contributed by atoms with van der Waals surface area (Å²) in [7, 11) is -3.98. The Balaban J connectivity index is 2.11. The van der Waals surface area contributed by atoms with Crippen LogP contribution >= 0.6 is 0 Å². The fourth-order valence-electron chi connectivity index (χ4n) is 3.74. The van der Waals surface area contributed by atoms with E-state index in [-0.39, 0.29) is 26.2 Å². The van der Waals surface area contributed by atoms with E-state index in [0.717, 1.165) is 24.8 Å². The number of fused-ring (bicyclic) bond motifs is 2. The summed E-state index contributed by atoms with van der Waals surface area (Å²) in [5, 5.41) is 8.92. The molecule has 0 saturated heterocycles. The smallest absolute Gasteiger partial charge is 0.267 e. The van der Waals surface area contributed by atoms with Crippen LogP contribution < -0.4 is 11.0 Å². The van der Waals surface area contributed by atoms with E-state index in [2.05, 4.69) is 11.9 Å². The molecule has 0 aliphatic heterocycles. The topological polar surface area (TPSA) is 97.3 Å². The van der Waals surface area contributed by atoms with E-state index in [0.29, 0.717) is 17.8 Å². The lowest BCUT2D eigenvalue weighted by atomic mass is 10.2. The third kappa shape index (κ3) is 3.57. The molecule has 7 nitrogen and oxygen atoms in total. The van der Waals surface area contributed by atoms with Crippen molar-refractivity contribution in [1.82, 2.24) is 14.0 Å². The summed E-state index contributed by atoms with van der Waals surface area (Å²) in [6, 6.07) is 12.9. The van der Waals surface area contributed by atoms with Crippen molar-refractivity contribution in [3.8, 4) is 0 Å². The molecule has 31 heavy (non-hydrogen) atoms. The molecule has 0 radical (unpaired) electrons. The Bertz CT molecular complexity index is 1500. The van der Waals surface area contributed by atoms with Gasteiger partial charge in [-0.3, -0.25) is 14.6 Å². The summed E-state index contributed by atoms with van der Waals surface area (Å²) in [6.07, 6.45) is 4.28. The molecule has 0 spiro atoms. The molecule has 0 saturated carbocycles. The fourth-order valence-corrected chi connectivity index (χ4v) is 5.15. The quantitative estimate of drug-likeness (QED) is 0.370. The molecule has 8 heteroatoms. The van der Waals surface area contributed by atoms with Crippen LogP contribution in [0.25, 0.3) is 16.7 Å². The predicted molar refractivity (Wildman–Crippen MR) is 119 cm³/mol. The minimum absolute atomic E-state index is 0.0904. The van der Waals surface area contributed by atoms with Crippen LogP contribution in [0.15, 0.2) is 69.3 Å². The van der Waals surface area contributed by atoms with Crippen molar-refractivity contribution in [3.05, 3.63) is 76.1 Å². The zero-order chi connectivity index (χ0) is 22.2. The van der Waals surface area contributed by atoms with Crippen molar-refractivity contribution in [2.24, 2.45) is 0 Å². The fraction of sp³-hybridized carbons (Fsp3) is 0.261. The first-order chi connectivity index (χ1) is 14.9. The normalized spacial score (nSPS) is 11.9. The van der Waals surface area contributed by atoms with Crippen molar-refractivity contribution < 1.29 is 8.42 Å². The second kappa shape index (κ2) is 8.11. The second-order valence-corrected chi connectivity index (χ2v) is 9.49. The lowest BCUT2D eigenvalue weighted by Crippen LogP contribution is -2.30. The van der Waals surface area contributed by atoms with Crippen LogP contribution in [0, 0.1) is 12.3 Å². The lowest BCUT2D eigenvalue weighted by molar-refractivity contribution is 0.570. The van der Waals surface area contributed by atoms with Crippen LogP contribution in [0.3, 0.4) is 0 Å². The maximum Gasteiger partial charge on any atom is 0.267 e. The Labute approximate surface area is 180 Å². The zero-order valence-electron chi connectivity index (χ0n) is 17.5. The second-order valence-electron chi connectivity index (χ2n) is 7.57. The van der Waals surface area contributed by atoms with E-state index in [1.165, 1.54) is 22.6 Å². The lowest BCUT2D eigenvalue weighted by Gasteiger charge is -2.15. The molecular formula is C23H24N4O3S. The number of hydrogen-bond acceptors (Lipinski definition) is 5. The van der Waals surface area contributed by atoms with E-state index in [4.69, 9.17) is 5.41 Å². The van der Waals surface area contributed by atoms with Gasteiger partial charge in [0.2, 0.25) is 9.84 Å². The molecular weight excluding hydrogens is 412 g/mol. The van der Waals surface area contributed by atoms with Crippen molar-refractivity contribution in [2.75, 3.05) is 0 Å². The van der Waals surface area contributed by atoms with Crippen LogP contribution in [0.5, 0.6) is 0 Å². The van der Waals surface area contributed by atoms with Gasteiger partial charge in [-0.05, 0) is 43.2 Å². The molecule has 0 bridgehead atoms. The molecule has 1 N–H and O–H groups in total. The molecule has 0 aliphatic rings. The van der Waals surface area contributed by atoms with Gasteiger partial charge in [-0.1, -0.05) is 44.0 Å². The van der Waals surface area contributed by atoms with E-state index in [9.17, 15) is 13.2 Å². The van der Waals surface area contributed by atoms with Gasteiger partial charge in [0.1, 0.15) is 21.7 Å². The highest BCUT2D eigenvalue weighted by Gasteiger charge is 2.24. The van der Waals surface area contributed by atoms with Gasteiger partial charge in [-0.25, -0.2) is 13.4 Å². The van der Waals surface area contributed by atoms with Crippen LogP contribution in [0.1, 0.15) is 31.7 Å². The number of nitrogens with zero attached hydrogens (tertiary/aromatic N) is 3. The molecule has 3 aromatic heterocycles. The molecule has 3 heterocycles. The van der Waals surface area contributed by atoms with Gasteiger partial charge in [0.05, 0.1) is 10.3 Å². The Morgan fingerprint density at radius 3 is 2.48 bits per heavy atom. The first kappa shape index (κ1) is 21.0. The molecule has 0 atom stereocenters. The van der Waals surface area contributed by atoms with E-state index >= 15 is 0 Å². The summed E-state index contributed by atoms with van der Waals surface area (Å²) in [5.74, 6) is 0. The standard InChI is InChI=1S/C23H24N4O3S/c1-3-4-8-13-26-20(24)19(31(29,30)17-11-6-5-7-12-17)15-18-22(26)25-21-16(2)10-9-14-27(21)23(18)28/h5-7,9-12,14-15,24H,3-4,8,13H2,1-2H3. The molecule has 0 unspecified atom stereocenters. The number of pyridine rings is 2. The third-order valence-electron chi connectivity index (χ3n) is 5.43. The number of benzene rings is 1. The summed E-state index contributed by atoms with van der Waals surface area (Å²) in [4.78, 5) is 17.9. The van der Waals surface area contributed by atoms with E-state index < -0.39 is 9.84 Å². The van der Waals surface area contributed by atoms with Crippen LogP contribution in [-0.2, 0) is 16.4 Å². The highest BCUT2D eigenvalue weighted by Crippen LogP contribution is 2.21. The Kier molecular flexibility index (Phi) is 5.49. The maximum atomic E-state index is 13.3.